The topological polar surface area (TPSA) is 12.0 Å². The average Bonchev–Trinajstić information content (AvgIpc) is 1.88. The first-order valence-electron chi connectivity index (χ1n) is 3.45. The first-order valence-corrected chi connectivity index (χ1v) is 3.45. The van der Waals surface area contributed by atoms with Gasteiger partial charge in [-0.1, -0.05) is 11.6 Å². The third-order valence-corrected chi connectivity index (χ3v) is 1.72. The van der Waals surface area contributed by atoms with Crippen molar-refractivity contribution in [1.82, 2.24) is 5.32 Å². The molecule has 1 unspecified atom stereocenters. The Morgan fingerprint density at radius 1 is 1.70 bits per heavy atom. The lowest BCUT2D eigenvalue weighted by molar-refractivity contribution is 0.486. The van der Waals surface area contributed by atoms with Crippen LogP contribution in [-0.2, 0) is 0 Å². The van der Waals surface area contributed by atoms with E-state index in [1.54, 1.807) is 13.1 Å². The second kappa shape index (κ2) is 2.97. The van der Waals surface area contributed by atoms with Gasteiger partial charge in [0.15, 0.2) is 0 Å². The average molecular weight is 141 g/mol. The van der Waals surface area contributed by atoms with Crippen molar-refractivity contribution in [2.75, 3.05) is 7.05 Å². The van der Waals surface area contributed by atoms with Crippen LogP contribution in [0.1, 0.15) is 13.3 Å². The molecule has 0 aromatic heterocycles. The minimum Gasteiger partial charge on any atom is -0.311 e. The zero-order valence-electron chi connectivity index (χ0n) is 6.32. The zero-order valence-corrected chi connectivity index (χ0v) is 6.32. The fourth-order valence-electron chi connectivity index (χ4n) is 1.05. The van der Waals surface area contributed by atoms with E-state index < -0.39 is 0 Å². The fraction of sp³-hybridized carbons (Fsp3) is 0.500. The van der Waals surface area contributed by atoms with E-state index in [2.05, 4.69) is 5.32 Å². The predicted octanol–water partition coefficient (Wildman–Crippen LogP) is 1.78. The second-order valence-electron chi connectivity index (χ2n) is 2.55. The predicted molar refractivity (Wildman–Crippen MR) is 40.4 cm³/mol. The third kappa shape index (κ3) is 1.45. The fourth-order valence-corrected chi connectivity index (χ4v) is 1.05. The lowest BCUT2D eigenvalue weighted by Crippen LogP contribution is -2.26. The van der Waals surface area contributed by atoms with Gasteiger partial charge in [-0.2, -0.15) is 0 Å². The SMILES string of the molecule is CNC1CC=C(C)C=C1F. The highest BCUT2D eigenvalue weighted by Crippen LogP contribution is 2.17. The number of nitrogens with one attached hydrogen (secondary N) is 1. The van der Waals surface area contributed by atoms with Crippen LogP contribution in [0.2, 0.25) is 0 Å². The Morgan fingerprint density at radius 3 is 2.90 bits per heavy atom. The van der Waals surface area contributed by atoms with Gasteiger partial charge in [0.05, 0.1) is 6.04 Å². The van der Waals surface area contributed by atoms with E-state index in [1.807, 2.05) is 13.0 Å². The first-order chi connectivity index (χ1) is 4.74. The maximum Gasteiger partial charge on any atom is 0.117 e. The highest BCUT2D eigenvalue weighted by atomic mass is 19.1. The van der Waals surface area contributed by atoms with E-state index in [0.29, 0.717) is 0 Å². The minimum absolute atomic E-state index is 0.0532. The van der Waals surface area contributed by atoms with Crippen LogP contribution in [0.25, 0.3) is 0 Å². The molecule has 0 aliphatic heterocycles. The molecule has 0 aromatic rings. The van der Waals surface area contributed by atoms with Crippen LogP contribution < -0.4 is 5.32 Å². The van der Waals surface area contributed by atoms with E-state index in [0.717, 1.165) is 12.0 Å². The molecule has 0 bridgehead atoms. The molecule has 0 saturated carbocycles. The molecule has 0 radical (unpaired) electrons. The Balaban J connectivity index is 2.68. The van der Waals surface area contributed by atoms with Crippen LogP contribution in [0.4, 0.5) is 4.39 Å². The van der Waals surface area contributed by atoms with E-state index in [4.69, 9.17) is 0 Å². The van der Waals surface area contributed by atoms with E-state index in [9.17, 15) is 4.39 Å². The van der Waals surface area contributed by atoms with Gasteiger partial charge in [0.2, 0.25) is 0 Å². The summed E-state index contributed by atoms with van der Waals surface area (Å²) in [6, 6.07) is -0.0938. The Morgan fingerprint density at radius 2 is 2.40 bits per heavy atom. The molecular formula is C8H12FN. The summed E-state index contributed by atoms with van der Waals surface area (Å²) in [6.45, 7) is 1.91. The first kappa shape index (κ1) is 7.48. The molecule has 1 atom stereocenters. The van der Waals surface area contributed by atoms with Crippen LogP contribution >= 0.6 is 0 Å². The molecule has 1 aliphatic rings. The highest BCUT2D eigenvalue weighted by Gasteiger charge is 2.13. The van der Waals surface area contributed by atoms with Crippen LogP contribution in [0.15, 0.2) is 23.6 Å². The van der Waals surface area contributed by atoms with Crippen LogP contribution in [0.5, 0.6) is 0 Å². The van der Waals surface area contributed by atoms with E-state index in [1.165, 1.54) is 0 Å². The Kier molecular flexibility index (Phi) is 2.22. The van der Waals surface area contributed by atoms with Crippen molar-refractivity contribution in [3.8, 4) is 0 Å². The van der Waals surface area contributed by atoms with Crippen LogP contribution in [-0.4, -0.2) is 13.1 Å². The van der Waals surface area contributed by atoms with Crippen molar-refractivity contribution in [3.05, 3.63) is 23.6 Å². The van der Waals surface area contributed by atoms with Gasteiger partial charge < -0.3 is 5.32 Å². The smallest absolute Gasteiger partial charge is 0.117 e. The quantitative estimate of drug-likeness (QED) is 0.587. The van der Waals surface area contributed by atoms with Gasteiger partial charge in [-0.25, -0.2) is 4.39 Å². The molecule has 0 aromatic carbocycles. The van der Waals surface area contributed by atoms with Crippen molar-refractivity contribution < 1.29 is 4.39 Å². The maximum atomic E-state index is 12.9. The molecule has 0 saturated heterocycles. The van der Waals surface area contributed by atoms with Crippen molar-refractivity contribution in [1.29, 1.82) is 0 Å². The molecule has 2 heteroatoms. The van der Waals surface area contributed by atoms with E-state index in [-0.39, 0.29) is 11.9 Å². The highest BCUT2D eigenvalue weighted by molar-refractivity contribution is 5.26. The Hall–Kier alpha value is -0.630. The van der Waals surface area contributed by atoms with Crippen molar-refractivity contribution >= 4 is 0 Å². The molecule has 1 N–H and O–H groups in total. The lowest BCUT2D eigenvalue weighted by Gasteiger charge is -2.15. The van der Waals surface area contributed by atoms with Crippen molar-refractivity contribution in [3.63, 3.8) is 0 Å². The zero-order chi connectivity index (χ0) is 7.56. The third-order valence-electron chi connectivity index (χ3n) is 1.72. The van der Waals surface area contributed by atoms with Crippen molar-refractivity contribution in [2.45, 2.75) is 19.4 Å². The van der Waals surface area contributed by atoms with E-state index >= 15 is 0 Å². The van der Waals surface area contributed by atoms with Gasteiger partial charge >= 0.3 is 0 Å². The van der Waals surface area contributed by atoms with Gasteiger partial charge in [-0.05, 0) is 26.5 Å². The standard InChI is InChI=1S/C8H12FN/c1-6-3-4-8(10-2)7(9)5-6/h3,5,8,10H,4H2,1-2H3. The molecule has 0 heterocycles. The van der Waals surface area contributed by atoms with Crippen molar-refractivity contribution in [2.24, 2.45) is 0 Å². The summed E-state index contributed by atoms with van der Waals surface area (Å²) in [5.74, 6) is -0.0532. The molecular weight excluding hydrogens is 129 g/mol. The van der Waals surface area contributed by atoms with Gasteiger partial charge in [0, 0.05) is 0 Å². The summed E-state index contributed by atoms with van der Waals surface area (Å²) in [7, 11) is 1.77. The Bertz CT molecular complexity index is 182. The molecule has 1 rings (SSSR count). The van der Waals surface area contributed by atoms with Gasteiger partial charge in [-0.3, -0.25) is 0 Å². The number of hydrogen-bond donors (Lipinski definition) is 1. The van der Waals surface area contributed by atoms with Gasteiger partial charge in [-0.15, -0.1) is 0 Å². The number of halogens is 1. The molecule has 0 fully saturated rings. The minimum atomic E-state index is -0.0938. The normalized spacial score (nSPS) is 25.7. The summed E-state index contributed by atoms with van der Waals surface area (Å²) in [5, 5.41) is 2.89. The number of allylic oxidation sites excluding steroid dienone is 2. The summed E-state index contributed by atoms with van der Waals surface area (Å²) >= 11 is 0. The monoisotopic (exact) mass is 141 g/mol. The Labute approximate surface area is 60.6 Å². The summed E-state index contributed by atoms with van der Waals surface area (Å²) < 4.78 is 12.9. The number of rotatable bonds is 1. The molecule has 0 amide bonds. The second-order valence-corrected chi connectivity index (χ2v) is 2.55. The molecule has 56 valence electrons. The molecule has 1 nitrogen and oxygen atoms in total. The van der Waals surface area contributed by atoms with Gasteiger partial charge in [0.25, 0.3) is 0 Å². The number of likely N-dealkylation sites (N-methyl/N-ethyl adjacent to an activating group) is 1. The summed E-state index contributed by atoms with van der Waals surface area (Å²) in [4.78, 5) is 0. The summed E-state index contributed by atoms with van der Waals surface area (Å²) in [5.41, 5.74) is 1.02. The lowest BCUT2D eigenvalue weighted by atomic mass is 10.0. The van der Waals surface area contributed by atoms with Crippen LogP contribution in [0, 0.1) is 0 Å². The molecule has 10 heavy (non-hydrogen) atoms. The number of hydrogen-bond acceptors (Lipinski definition) is 1. The molecule has 0 spiro atoms. The summed E-state index contributed by atoms with van der Waals surface area (Å²) in [6.07, 6.45) is 4.37. The molecule has 1 aliphatic carbocycles. The van der Waals surface area contributed by atoms with Crippen LogP contribution in [0.3, 0.4) is 0 Å². The largest absolute Gasteiger partial charge is 0.311 e. The maximum absolute atomic E-state index is 12.9. The van der Waals surface area contributed by atoms with Gasteiger partial charge in [0.1, 0.15) is 5.83 Å².